The molecule has 0 aliphatic heterocycles. The Hall–Kier alpha value is -2.48. The van der Waals surface area contributed by atoms with Crippen molar-refractivity contribution in [1.29, 1.82) is 0 Å². The van der Waals surface area contributed by atoms with E-state index < -0.39 is 21.8 Å². The van der Waals surface area contributed by atoms with E-state index in [9.17, 15) is 13.2 Å². The van der Waals surface area contributed by atoms with Crippen LogP contribution in [0.2, 0.25) is 0 Å². The second-order valence-electron chi connectivity index (χ2n) is 5.62. The van der Waals surface area contributed by atoms with Gasteiger partial charge in [-0.2, -0.15) is 0 Å². The predicted molar refractivity (Wildman–Crippen MR) is 94.4 cm³/mol. The Kier molecular flexibility index (Phi) is 6.08. The molecule has 8 heteroatoms. The average Bonchev–Trinajstić information content (AvgIpc) is 2.61. The molecule has 134 valence electrons. The highest BCUT2D eigenvalue weighted by atomic mass is 32.2. The van der Waals surface area contributed by atoms with E-state index in [1.807, 2.05) is 18.2 Å². The zero-order chi connectivity index (χ0) is 18.4. The van der Waals surface area contributed by atoms with Crippen LogP contribution in [0.25, 0.3) is 0 Å². The van der Waals surface area contributed by atoms with E-state index >= 15 is 0 Å². The summed E-state index contributed by atoms with van der Waals surface area (Å²) >= 11 is 0. The fourth-order valence-corrected chi connectivity index (χ4v) is 3.26. The second kappa shape index (κ2) is 8.06. The molecule has 7 nitrogen and oxygen atoms in total. The average molecular weight is 363 g/mol. The molecule has 2 rings (SSSR count). The monoisotopic (exact) mass is 363 g/mol. The molecule has 0 saturated carbocycles. The van der Waals surface area contributed by atoms with Crippen LogP contribution in [-0.2, 0) is 9.84 Å². The van der Waals surface area contributed by atoms with Gasteiger partial charge in [0, 0.05) is 18.8 Å². The summed E-state index contributed by atoms with van der Waals surface area (Å²) in [5.41, 5.74) is 0.128. The van der Waals surface area contributed by atoms with E-state index in [0.717, 1.165) is 0 Å². The molecule has 25 heavy (non-hydrogen) atoms. The SMILES string of the molecule is CCS(=O)(=O)CC(C)N(C)C(=O)c1cnc(Oc2ccccc2)cn1. The molecule has 0 aliphatic carbocycles. The number of carbonyl (C=O) groups is 1. The Morgan fingerprint density at radius 2 is 1.88 bits per heavy atom. The summed E-state index contributed by atoms with van der Waals surface area (Å²) in [6, 6.07) is 8.65. The fourth-order valence-electron chi connectivity index (χ4n) is 2.07. The number of benzene rings is 1. The number of ether oxygens (including phenoxy) is 1. The molecule has 1 unspecified atom stereocenters. The lowest BCUT2D eigenvalue weighted by Gasteiger charge is -2.24. The number of sulfone groups is 1. The van der Waals surface area contributed by atoms with Crippen molar-refractivity contribution in [2.75, 3.05) is 18.6 Å². The van der Waals surface area contributed by atoms with Gasteiger partial charge in [0.2, 0.25) is 5.88 Å². The zero-order valence-electron chi connectivity index (χ0n) is 14.4. The third-order valence-corrected chi connectivity index (χ3v) is 5.60. The molecule has 1 aromatic carbocycles. The quantitative estimate of drug-likeness (QED) is 0.749. The zero-order valence-corrected chi connectivity index (χ0v) is 15.2. The molecule has 1 aromatic heterocycles. The Morgan fingerprint density at radius 1 is 1.20 bits per heavy atom. The van der Waals surface area contributed by atoms with Crippen LogP contribution in [0, 0.1) is 0 Å². The maximum absolute atomic E-state index is 12.4. The summed E-state index contributed by atoms with van der Waals surface area (Å²) in [5.74, 6) is 0.454. The minimum absolute atomic E-state index is 0.0463. The van der Waals surface area contributed by atoms with Crippen molar-refractivity contribution in [1.82, 2.24) is 14.9 Å². The number of nitrogens with zero attached hydrogens (tertiary/aromatic N) is 3. The maximum Gasteiger partial charge on any atom is 0.274 e. The summed E-state index contributed by atoms with van der Waals surface area (Å²) in [6.45, 7) is 3.27. The smallest absolute Gasteiger partial charge is 0.274 e. The lowest BCUT2D eigenvalue weighted by atomic mass is 10.3. The number of rotatable bonds is 7. The Balaban J connectivity index is 2.04. The largest absolute Gasteiger partial charge is 0.438 e. The Bertz CT molecular complexity index is 808. The van der Waals surface area contributed by atoms with Gasteiger partial charge in [0.1, 0.15) is 11.4 Å². The van der Waals surface area contributed by atoms with Gasteiger partial charge in [-0.1, -0.05) is 25.1 Å². The minimum atomic E-state index is -3.17. The van der Waals surface area contributed by atoms with Gasteiger partial charge in [-0.3, -0.25) is 4.79 Å². The summed E-state index contributed by atoms with van der Waals surface area (Å²) in [7, 11) is -1.62. The van der Waals surface area contributed by atoms with Crippen molar-refractivity contribution in [2.45, 2.75) is 19.9 Å². The first-order chi connectivity index (χ1) is 11.8. The van der Waals surface area contributed by atoms with Gasteiger partial charge >= 0.3 is 0 Å². The second-order valence-corrected chi connectivity index (χ2v) is 8.02. The molecule has 0 radical (unpaired) electrons. The van der Waals surface area contributed by atoms with Gasteiger partial charge < -0.3 is 9.64 Å². The molecule has 0 fully saturated rings. The lowest BCUT2D eigenvalue weighted by molar-refractivity contribution is 0.0750. The highest BCUT2D eigenvalue weighted by Gasteiger charge is 2.23. The Labute approximate surface area is 147 Å². The molecular formula is C17H21N3O4S. The highest BCUT2D eigenvalue weighted by molar-refractivity contribution is 7.91. The summed E-state index contributed by atoms with van der Waals surface area (Å²) in [5, 5.41) is 0. The number of aromatic nitrogens is 2. The highest BCUT2D eigenvalue weighted by Crippen LogP contribution is 2.17. The van der Waals surface area contributed by atoms with Crippen LogP contribution in [-0.4, -0.2) is 53.8 Å². The number of para-hydroxylation sites is 1. The van der Waals surface area contributed by atoms with Crippen LogP contribution in [0.3, 0.4) is 0 Å². The topological polar surface area (TPSA) is 89.5 Å². The van der Waals surface area contributed by atoms with Crippen LogP contribution >= 0.6 is 0 Å². The number of hydrogen-bond acceptors (Lipinski definition) is 6. The van der Waals surface area contributed by atoms with Crippen molar-refractivity contribution < 1.29 is 17.9 Å². The summed E-state index contributed by atoms with van der Waals surface area (Å²) < 4.78 is 28.9. The molecule has 0 bridgehead atoms. The van der Waals surface area contributed by atoms with Gasteiger partial charge in [0.05, 0.1) is 18.1 Å². The van der Waals surface area contributed by atoms with Gasteiger partial charge in [0.15, 0.2) is 9.84 Å². The van der Waals surface area contributed by atoms with Crippen LogP contribution in [0.1, 0.15) is 24.3 Å². The van der Waals surface area contributed by atoms with Crippen molar-refractivity contribution in [2.24, 2.45) is 0 Å². The molecule has 0 N–H and O–H groups in total. The number of amides is 1. The molecule has 1 amide bonds. The normalized spacial score (nSPS) is 12.4. The van der Waals surface area contributed by atoms with Crippen molar-refractivity contribution in [3.05, 3.63) is 48.4 Å². The third kappa shape index (κ3) is 5.25. The van der Waals surface area contributed by atoms with Crippen LogP contribution in [0.5, 0.6) is 11.6 Å². The summed E-state index contributed by atoms with van der Waals surface area (Å²) in [6.07, 6.45) is 2.68. The van der Waals surface area contributed by atoms with E-state index in [0.29, 0.717) is 5.75 Å². The maximum atomic E-state index is 12.4. The third-order valence-electron chi connectivity index (χ3n) is 3.73. The molecule has 0 spiro atoms. The van der Waals surface area contributed by atoms with E-state index in [2.05, 4.69) is 9.97 Å². The van der Waals surface area contributed by atoms with Crippen LogP contribution < -0.4 is 4.74 Å². The number of carbonyl (C=O) groups excluding carboxylic acids is 1. The molecule has 2 aromatic rings. The molecule has 1 heterocycles. The van der Waals surface area contributed by atoms with Crippen molar-refractivity contribution in [3.63, 3.8) is 0 Å². The number of hydrogen-bond donors (Lipinski definition) is 0. The van der Waals surface area contributed by atoms with Gasteiger partial charge in [-0.15, -0.1) is 0 Å². The molecular weight excluding hydrogens is 342 g/mol. The van der Waals surface area contributed by atoms with Crippen molar-refractivity contribution >= 4 is 15.7 Å². The van der Waals surface area contributed by atoms with E-state index in [-0.39, 0.29) is 23.1 Å². The van der Waals surface area contributed by atoms with Gasteiger partial charge in [-0.05, 0) is 19.1 Å². The predicted octanol–water partition coefficient (Wildman–Crippen LogP) is 2.16. The van der Waals surface area contributed by atoms with E-state index in [1.165, 1.54) is 17.3 Å². The lowest BCUT2D eigenvalue weighted by Crippen LogP contribution is -2.40. The van der Waals surface area contributed by atoms with Crippen LogP contribution in [0.15, 0.2) is 42.7 Å². The first-order valence-corrected chi connectivity index (χ1v) is 9.67. The van der Waals surface area contributed by atoms with Crippen molar-refractivity contribution in [3.8, 4) is 11.6 Å². The Morgan fingerprint density at radius 3 is 2.44 bits per heavy atom. The standard InChI is InChI=1S/C17H21N3O4S/c1-4-25(22,23)12-13(2)20(3)17(21)15-10-19-16(11-18-15)24-14-8-6-5-7-9-14/h5-11,13H,4,12H2,1-3H3. The molecule has 0 saturated heterocycles. The first kappa shape index (κ1) is 18.9. The fraction of sp³-hybridized carbons (Fsp3) is 0.353. The first-order valence-electron chi connectivity index (χ1n) is 7.85. The minimum Gasteiger partial charge on any atom is -0.438 e. The van der Waals surface area contributed by atoms with Gasteiger partial charge in [-0.25, -0.2) is 18.4 Å². The molecule has 0 aliphatic rings. The summed E-state index contributed by atoms with van der Waals surface area (Å²) in [4.78, 5) is 21.9. The van der Waals surface area contributed by atoms with E-state index in [4.69, 9.17) is 4.74 Å². The van der Waals surface area contributed by atoms with E-state index in [1.54, 1.807) is 33.0 Å². The molecule has 1 atom stereocenters. The van der Waals surface area contributed by atoms with Crippen LogP contribution in [0.4, 0.5) is 0 Å². The van der Waals surface area contributed by atoms with Gasteiger partial charge in [0.25, 0.3) is 5.91 Å².